The van der Waals surface area contributed by atoms with Crippen molar-refractivity contribution in [1.29, 1.82) is 0 Å². The molecule has 6 nitrogen and oxygen atoms in total. The number of rotatable bonds is 4. The Kier molecular flexibility index (Phi) is 4.59. The third-order valence-corrected chi connectivity index (χ3v) is 4.43. The summed E-state index contributed by atoms with van der Waals surface area (Å²) in [7, 11) is 1.50. The molecule has 0 spiro atoms. The van der Waals surface area contributed by atoms with Gasteiger partial charge in [-0.2, -0.15) is 0 Å². The molecule has 1 aromatic carbocycles. The van der Waals surface area contributed by atoms with Gasteiger partial charge >= 0.3 is 5.97 Å². The topological polar surface area (TPSA) is 80.0 Å². The van der Waals surface area contributed by atoms with E-state index in [9.17, 15) is 14.7 Å². The van der Waals surface area contributed by atoms with Gasteiger partial charge in [-0.15, -0.1) is 0 Å². The van der Waals surface area contributed by atoms with Crippen molar-refractivity contribution in [2.75, 3.05) is 13.7 Å². The van der Waals surface area contributed by atoms with Gasteiger partial charge in [0.1, 0.15) is 11.8 Å². The Morgan fingerprint density at radius 3 is 2.71 bits per heavy atom. The van der Waals surface area contributed by atoms with Crippen molar-refractivity contribution in [3.05, 3.63) is 47.2 Å². The maximum atomic E-state index is 12.6. The van der Waals surface area contributed by atoms with E-state index in [1.165, 1.54) is 18.1 Å². The third-order valence-electron chi connectivity index (χ3n) is 4.10. The number of carbonyl (C=O) groups excluding carboxylic acids is 1. The molecule has 0 bridgehead atoms. The van der Waals surface area contributed by atoms with Gasteiger partial charge in [-0.25, -0.2) is 4.79 Å². The molecule has 1 amide bonds. The number of aliphatic carboxylic acids is 1. The number of halogens is 1. The highest BCUT2D eigenvalue weighted by molar-refractivity contribution is 6.33. The average Bonchev–Trinajstić information content (AvgIpc) is 3.22. The van der Waals surface area contributed by atoms with Crippen molar-refractivity contribution in [1.82, 2.24) is 4.90 Å². The van der Waals surface area contributed by atoms with Crippen LogP contribution in [0.25, 0.3) is 11.3 Å². The van der Waals surface area contributed by atoms with Crippen LogP contribution in [0.15, 0.2) is 40.8 Å². The molecule has 1 N–H and O–H groups in total. The van der Waals surface area contributed by atoms with Gasteiger partial charge in [0, 0.05) is 25.6 Å². The SMILES string of the molecule is COC1CC(C(=O)O)N(C(=O)c2ccc(-c3ccccc3Cl)o2)C1. The molecule has 0 saturated carbocycles. The van der Waals surface area contributed by atoms with E-state index in [1.54, 1.807) is 24.3 Å². The number of hydrogen-bond acceptors (Lipinski definition) is 4. The van der Waals surface area contributed by atoms with Crippen molar-refractivity contribution < 1.29 is 23.8 Å². The van der Waals surface area contributed by atoms with Crippen molar-refractivity contribution in [3.63, 3.8) is 0 Å². The molecule has 7 heteroatoms. The first-order valence-corrected chi connectivity index (χ1v) is 7.80. The van der Waals surface area contributed by atoms with Gasteiger partial charge in [-0.3, -0.25) is 4.79 Å². The number of furan rings is 1. The first-order valence-electron chi connectivity index (χ1n) is 7.42. The molecular weight excluding hydrogens is 334 g/mol. The van der Waals surface area contributed by atoms with Crippen LogP contribution in [0.1, 0.15) is 17.0 Å². The Morgan fingerprint density at radius 2 is 2.04 bits per heavy atom. The fourth-order valence-electron chi connectivity index (χ4n) is 2.83. The summed E-state index contributed by atoms with van der Waals surface area (Å²) in [5.41, 5.74) is 0.671. The van der Waals surface area contributed by atoms with Crippen LogP contribution in [-0.2, 0) is 9.53 Å². The van der Waals surface area contributed by atoms with Gasteiger partial charge in [0.2, 0.25) is 0 Å². The molecule has 0 radical (unpaired) electrons. The Balaban J connectivity index is 1.86. The Morgan fingerprint density at radius 1 is 1.29 bits per heavy atom. The molecule has 24 heavy (non-hydrogen) atoms. The highest BCUT2D eigenvalue weighted by atomic mass is 35.5. The lowest BCUT2D eigenvalue weighted by Gasteiger charge is -2.19. The maximum absolute atomic E-state index is 12.6. The molecule has 1 fully saturated rings. The van der Waals surface area contributed by atoms with Gasteiger partial charge in [0.25, 0.3) is 5.91 Å². The van der Waals surface area contributed by atoms with E-state index < -0.39 is 17.9 Å². The summed E-state index contributed by atoms with van der Waals surface area (Å²) < 4.78 is 10.8. The predicted molar refractivity (Wildman–Crippen MR) is 87.0 cm³/mol. The number of carbonyl (C=O) groups is 2. The second-order valence-electron chi connectivity index (χ2n) is 5.55. The number of nitrogens with zero attached hydrogens (tertiary/aromatic N) is 1. The number of methoxy groups -OCH3 is 1. The van der Waals surface area contributed by atoms with Gasteiger partial charge in [0.05, 0.1) is 11.1 Å². The number of carboxylic acid groups (broad SMARTS) is 1. The Bertz CT molecular complexity index is 772. The van der Waals surface area contributed by atoms with Crippen LogP contribution in [-0.4, -0.2) is 47.7 Å². The minimum atomic E-state index is -1.05. The van der Waals surface area contributed by atoms with Crippen LogP contribution in [0, 0.1) is 0 Å². The normalized spacial score (nSPS) is 20.3. The first kappa shape index (κ1) is 16.5. The predicted octanol–water partition coefficient (Wildman–Crippen LogP) is 2.91. The zero-order valence-corrected chi connectivity index (χ0v) is 13.7. The highest BCUT2D eigenvalue weighted by Gasteiger charge is 2.41. The molecule has 2 atom stereocenters. The van der Waals surface area contributed by atoms with E-state index in [-0.39, 0.29) is 24.8 Å². The standard InChI is InChI=1S/C17H16ClNO5/c1-23-10-8-13(17(21)22)19(9-10)16(20)15-7-6-14(24-15)11-4-2-3-5-12(11)18/h2-7,10,13H,8-9H2,1H3,(H,21,22). The summed E-state index contributed by atoms with van der Waals surface area (Å²) in [6, 6.07) is 9.38. The lowest BCUT2D eigenvalue weighted by atomic mass is 10.2. The van der Waals surface area contributed by atoms with Crippen LogP contribution >= 0.6 is 11.6 Å². The van der Waals surface area contributed by atoms with Gasteiger partial charge in [-0.05, 0) is 24.3 Å². The van der Waals surface area contributed by atoms with Crippen molar-refractivity contribution in [2.45, 2.75) is 18.6 Å². The lowest BCUT2D eigenvalue weighted by Crippen LogP contribution is -2.40. The van der Waals surface area contributed by atoms with Crippen LogP contribution in [0.4, 0.5) is 0 Å². The molecule has 2 aromatic rings. The minimum absolute atomic E-state index is 0.0768. The first-order chi connectivity index (χ1) is 11.5. The van der Waals surface area contributed by atoms with Crippen LogP contribution in [0.2, 0.25) is 5.02 Å². The second kappa shape index (κ2) is 6.67. The summed E-state index contributed by atoms with van der Waals surface area (Å²) in [6.07, 6.45) is -0.0385. The summed E-state index contributed by atoms with van der Waals surface area (Å²) >= 11 is 6.13. The number of amides is 1. The third kappa shape index (κ3) is 3.02. The van der Waals surface area contributed by atoms with Gasteiger partial charge < -0.3 is 19.2 Å². The second-order valence-corrected chi connectivity index (χ2v) is 5.96. The molecule has 3 rings (SSSR count). The number of likely N-dealkylation sites (tertiary alicyclic amines) is 1. The summed E-state index contributed by atoms with van der Waals surface area (Å²) in [5, 5.41) is 9.82. The Hall–Kier alpha value is -2.31. The molecule has 1 aromatic heterocycles. The largest absolute Gasteiger partial charge is 0.480 e. The Labute approximate surface area is 143 Å². The van der Waals surface area contributed by atoms with Crippen LogP contribution in [0.3, 0.4) is 0 Å². The van der Waals surface area contributed by atoms with Crippen LogP contribution in [0.5, 0.6) is 0 Å². The van der Waals surface area contributed by atoms with Crippen molar-refractivity contribution in [3.8, 4) is 11.3 Å². The highest BCUT2D eigenvalue weighted by Crippen LogP contribution is 2.30. The molecule has 1 aliphatic heterocycles. The van der Waals surface area contributed by atoms with E-state index in [1.807, 2.05) is 6.07 Å². The van der Waals surface area contributed by atoms with Crippen molar-refractivity contribution in [2.24, 2.45) is 0 Å². The fourth-order valence-corrected chi connectivity index (χ4v) is 3.06. The fraction of sp³-hybridized carbons (Fsp3) is 0.294. The maximum Gasteiger partial charge on any atom is 0.326 e. The smallest absolute Gasteiger partial charge is 0.326 e. The number of ether oxygens (including phenoxy) is 1. The van der Waals surface area contributed by atoms with E-state index in [2.05, 4.69) is 0 Å². The molecular formula is C17H16ClNO5. The monoisotopic (exact) mass is 349 g/mol. The molecule has 2 heterocycles. The molecule has 0 aliphatic carbocycles. The number of hydrogen-bond donors (Lipinski definition) is 1. The number of carboxylic acids is 1. The van der Waals surface area contributed by atoms with Gasteiger partial charge in [-0.1, -0.05) is 23.7 Å². The quantitative estimate of drug-likeness (QED) is 0.918. The van der Waals surface area contributed by atoms with E-state index in [0.29, 0.717) is 16.3 Å². The van der Waals surface area contributed by atoms with E-state index in [0.717, 1.165) is 0 Å². The summed E-state index contributed by atoms with van der Waals surface area (Å²) in [4.78, 5) is 25.3. The molecule has 1 saturated heterocycles. The zero-order valence-electron chi connectivity index (χ0n) is 12.9. The summed E-state index contributed by atoms with van der Waals surface area (Å²) in [5.74, 6) is -0.993. The van der Waals surface area contributed by atoms with E-state index in [4.69, 9.17) is 20.8 Å². The molecule has 1 aliphatic rings. The number of benzene rings is 1. The minimum Gasteiger partial charge on any atom is -0.480 e. The summed E-state index contributed by atoms with van der Waals surface area (Å²) in [6.45, 7) is 0.217. The zero-order chi connectivity index (χ0) is 17.3. The molecule has 2 unspecified atom stereocenters. The van der Waals surface area contributed by atoms with Crippen LogP contribution < -0.4 is 0 Å². The average molecular weight is 350 g/mol. The van der Waals surface area contributed by atoms with E-state index >= 15 is 0 Å². The lowest BCUT2D eigenvalue weighted by molar-refractivity contribution is -0.141. The van der Waals surface area contributed by atoms with Crippen molar-refractivity contribution >= 4 is 23.5 Å². The molecule has 126 valence electrons. The van der Waals surface area contributed by atoms with Gasteiger partial charge in [0.15, 0.2) is 5.76 Å².